The summed E-state index contributed by atoms with van der Waals surface area (Å²) in [6.45, 7) is 13.6. The van der Waals surface area contributed by atoms with Crippen molar-refractivity contribution in [3.8, 4) is 0 Å². The van der Waals surface area contributed by atoms with Gasteiger partial charge in [-0.15, -0.1) is 0 Å². The van der Waals surface area contributed by atoms with E-state index in [1.807, 2.05) is 26.0 Å². The molecule has 0 aliphatic heterocycles. The summed E-state index contributed by atoms with van der Waals surface area (Å²) in [6.07, 6.45) is 0. The largest absolute Gasteiger partial charge is 0.368 e. The third-order valence-electron chi connectivity index (χ3n) is 3.63. The first-order chi connectivity index (χ1) is 9.81. The minimum Gasteiger partial charge on any atom is -0.368 e. The second kappa shape index (κ2) is 8.01. The standard InChI is InChI=1S/C17H29N3O/c1-11(2)14(12(3)4)10-18-17(21)15-8-7-9-16(20-15)19-13(5)6/h7-9,11-14H,10H2,1-6H3,(H,18,21)(H,19,20). The first kappa shape index (κ1) is 17.5. The van der Waals surface area contributed by atoms with Crippen LogP contribution in [0.3, 0.4) is 0 Å². The molecule has 0 bridgehead atoms. The van der Waals surface area contributed by atoms with Crippen molar-refractivity contribution in [3.63, 3.8) is 0 Å². The van der Waals surface area contributed by atoms with E-state index in [2.05, 4.69) is 43.3 Å². The zero-order valence-electron chi connectivity index (χ0n) is 14.1. The summed E-state index contributed by atoms with van der Waals surface area (Å²) in [5.74, 6) is 2.21. The molecule has 21 heavy (non-hydrogen) atoms. The number of carbonyl (C=O) groups is 1. The van der Waals surface area contributed by atoms with Gasteiger partial charge in [0.05, 0.1) is 0 Å². The van der Waals surface area contributed by atoms with Crippen LogP contribution in [-0.4, -0.2) is 23.5 Å². The molecule has 0 saturated heterocycles. The molecule has 1 rings (SSSR count). The Morgan fingerprint density at radius 2 is 1.71 bits per heavy atom. The van der Waals surface area contributed by atoms with Gasteiger partial charge in [0.25, 0.3) is 5.91 Å². The van der Waals surface area contributed by atoms with Crippen LogP contribution in [0, 0.1) is 17.8 Å². The molecule has 1 amide bonds. The third kappa shape index (κ3) is 5.74. The van der Waals surface area contributed by atoms with Crippen molar-refractivity contribution in [2.45, 2.75) is 47.6 Å². The molecule has 0 aliphatic rings. The summed E-state index contributed by atoms with van der Waals surface area (Å²) >= 11 is 0. The molecule has 0 fully saturated rings. The molecule has 2 N–H and O–H groups in total. The van der Waals surface area contributed by atoms with Crippen LogP contribution < -0.4 is 10.6 Å². The molecule has 0 radical (unpaired) electrons. The number of nitrogens with one attached hydrogen (secondary N) is 2. The van der Waals surface area contributed by atoms with E-state index in [0.717, 1.165) is 5.82 Å². The highest BCUT2D eigenvalue weighted by Gasteiger charge is 2.19. The van der Waals surface area contributed by atoms with Gasteiger partial charge in [-0.25, -0.2) is 4.98 Å². The van der Waals surface area contributed by atoms with E-state index in [1.54, 1.807) is 6.07 Å². The molecule has 1 aromatic rings. The van der Waals surface area contributed by atoms with Gasteiger partial charge in [0.1, 0.15) is 11.5 Å². The maximum Gasteiger partial charge on any atom is 0.269 e. The van der Waals surface area contributed by atoms with Gasteiger partial charge in [-0.05, 0) is 43.7 Å². The molecule has 0 aliphatic carbocycles. The Labute approximate surface area is 128 Å². The van der Waals surface area contributed by atoms with Crippen LogP contribution >= 0.6 is 0 Å². The average Bonchev–Trinajstić information content (AvgIpc) is 2.37. The second-order valence-corrected chi connectivity index (χ2v) is 6.57. The number of rotatable bonds is 7. The van der Waals surface area contributed by atoms with Gasteiger partial charge in [-0.1, -0.05) is 33.8 Å². The van der Waals surface area contributed by atoms with Crippen molar-refractivity contribution in [2.75, 3.05) is 11.9 Å². The fourth-order valence-corrected chi connectivity index (χ4v) is 2.48. The van der Waals surface area contributed by atoms with Crippen molar-refractivity contribution in [1.29, 1.82) is 0 Å². The van der Waals surface area contributed by atoms with Crippen LogP contribution in [0.15, 0.2) is 18.2 Å². The molecule has 0 saturated carbocycles. The van der Waals surface area contributed by atoms with Crippen molar-refractivity contribution in [2.24, 2.45) is 17.8 Å². The van der Waals surface area contributed by atoms with Gasteiger partial charge >= 0.3 is 0 Å². The average molecular weight is 291 g/mol. The highest BCUT2D eigenvalue weighted by atomic mass is 16.1. The quantitative estimate of drug-likeness (QED) is 0.807. The van der Waals surface area contributed by atoms with Crippen LogP contribution in [0.1, 0.15) is 52.0 Å². The van der Waals surface area contributed by atoms with Crippen molar-refractivity contribution < 1.29 is 4.79 Å². The van der Waals surface area contributed by atoms with Crippen LogP contribution in [-0.2, 0) is 0 Å². The Bertz CT molecular complexity index is 447. The SMILES string of the molecule is CC(C)Nc1cccc(C(=O)NCC(C(C)C)C(C)C)n1. The van der Waals surface area contributed by atoms with Crippen LogP contribution in [0.5, 0.6) is 0 Å². The number of aromatic nitrogens is 1. The monoisotopic (exact) mass is 291 g/mol. The number of hydrogen-bond donors (Lipinski definition) is 2. The Morgan fingerprint density at radius 3 is 2.24 bits per heavy atom. The summed E-state index contributed by atoms with van der Waals surface area (Å²) in [5.41, 5.74) is 0.465. The number of anilines is 1. The van der Waals surface area contributed by atoms with Crippen molar-refractivity contribution in [1.82, 2.24) is 10.3 Å². The molecular weight excluding hydrogens is 262 g/mol. The lowest BCUT2D eigenvalue weighted by atomic mass is 9.85. The molecule has 4 nitrogen and oxygen atoms in total. The minimum atomic E-state index is -0.103. The predicted molar refractivity (Wildman–Crippen MR) is 88.5 cm³/mol. The first-order valence-corrected chi connectivity index (χ1v) is 7.83. The molecule has 118 valence electrons. The third-order valence-corrected chi connectivity index (χ3v) is 3.63. The van der Waals surface area contributed by atoms with E-state index in [9.17, 15) is 4.79 Å². The molecule has 0 atom stereocenters. The number of hydrogen-bond acceptors (Lipinski definition) is 3. The van der Waals surface area contributed by atoms with Crippen LogP contribution in [0.25, 0.3) is 0 Å². The first-order valence-electron chi connectivity index (χ1n) is 7.83. The van der Waals surface area contributed by atoms with Crippen LogP contribution in [0.4, 0.5) is 5.82 Å². The lowest BCUT2D eigenvalue weighted by Crippen LogP contribution is -2.34. The Balaban J connectivity index is 2.67. The predicted octanol–water partition coefficient (Wildman–Crippen LogP) is 3.56. The smallest absolute Gasteiger partial charge is 0.269 e. The lowest BCUT2D eigenvalue weighted by molar-refractivity contribution is 0.0932. The number of amides is 1. The summed E-state index contributed by atoms with van der Waals surface area (Å²) in [7, 11) is 0. The number of carbonyl (C=O) groups excluding carboxylic acids is 1. The van der Waals surface area contributed by atoms with Gasteiger partial charge in [-0.2, -0.15) is 0 Å². The van der Waals surface area contributed by atoms with E-state index in [0.29, 0.717) is 36.0 Å². The highest BCUT2D eigenvalue weighted by Crippen LogP contribution is 2.19. The maximum atomic E-state index is 12.2. The van der Waals surface area contributed by atoms with Gasteiger partial charge in [0, 0.05) is 12.6 Å². The number of nitrogens with zero attached hydrogens (tertiary/aromatic N) is 1. The van der Waals surface area contributed by atoms with E-state index >= 15 is 0 Å². The van der Waals surface area contributed by atoms with Crippen LogP contribution in [0.2, 0.25) is 0 Å². The highest BCUT2D eigenvalue weighted by molar-refractivity contribution is 5.92. The van der Waals surface area contributed by atoms with Gasteiger partial charge in [0.15, 0.2) is 0 Å². The number of pyridine rings is 1. The Kier molecular flexibility index (Phi) is 6.66. The van der Waals surface area contributed by atoms with E-state index in [-0.39, 0.29) is 5.91 Å². The summed E-state index contributed by atoms with van der Waals surface area (Å²) in [6, 6.07) is 5.78. The van der Waals surface area contributed by atoms with E-state index in [1.165, 1.54) is 0 Å². The summed E-state index contributed by atoms with van der Waals surface area (Å²) < 4.78 is 0. The molecule has 1 heterocycles. The maximum absolute atomic E-state index is 12.2. The van der Waals surface area contributed by atoms with Crippen molar-refractivity contribution in [3.05, 3.63) is 23.9 Å². The lowest BCUT2D eigenvalue weighted by Gasteiger charge is -2.25. The molecule has 0 spiro atoms. The van der Waals surface area contributed by atoms with Gasteiger partial charge < -0.3 is 10.6 Å². The topological polar surface area (TPSA) is 54.0 Å². The van der Waals surface area contributed by atoms with E-state index in [4.69, 9.17) is 0 Å². The fourth-order valence-electron chi connectivity index (χ4n) is 2.48. The molecule has 0 unspecified atom stereocenters. The fraction of sp³-hybridized carbons (Fsp3) is 0.647. The zero-order chi connectivity index (χ0) is 16.0. The molecule has 1 aromatic heterocycles. The van der Waals surface area contributed by atoms with Crippen molar-refractivity contribution >= 4 is 11.7 Å². The molecule has 4 heteroatoms. The van der Waals surface area contributed by atoms with Gasteiger partial charge in [0.2, 0.25) is 0 Å². The summed E-state index contributed by atoms with van der Waals surface area (Å²) in [5, 5.41) is 6.22. The second-order valence-electron chi connectivity index (χ2n) is 6.57. The summed E-state index contributed by atoms with van der Waals surface area (Å²) in [4.78, 5) is 16.6. The normalized spacial score (nSPS) is 11.5. The van der Waals surface area contributed by atoms with E-state index < -0.39 is 0 Å². The molecular formula is C17H29N3O. The Hall–Kier alpha value is -1.58. The minimum absolute atomic E-state index is 0.103. The van der Waals surface area contributed by atoms with Gasteiger partial charge in [-0.3, -0.25) is 4.79 Å². The molecule has 0 aromatic carbocycles. The Morgan fingerprint density at radius 1 is 1.10 bits per heavy atom. The zero-order valence-corrected chi connectivity index (χ0v) is 14.1.